The molecule has 2 rings (SSSR count). The summed E-state index contributed by atoms with van der Waals surface area (Å²) in [4.78, 5) is 2.61. The summed E-state index contributed by atoms with van der Waals surface area (Å²) >= 11 is 0. The lowest BCUT2D eigenvalue weighted by molar-refractivity contribution is 0.0785. The van der Waals surface area contributed by atoms with E-state index in [1.165, 1.54) is 37.8 Å². The Bertz CT molecular complexity index is 391. The first-order valence-corrected chi connectivity index (χ1v) is 7.56. The highest BCUT2D eigenvalue weighted by Gasteiger charge is 2.21. The molecule has 1 aromatic rings. The van der Waals surface area contributed by atoms with E-state index in [9.17, 15) is 5.11 Å². The van der Waals surface area contributed by atoms with E-state index in [2.05, 4.69) is 36.1 Å². The van der Waals surface area contributed by atoms with E-state index < -0.39 is 5.60 Å². The van der Waals surface area contributed by atoms with Gasteiger partial charge in [0.25, 0.3) is 0 Å². The molecule has 1 aromatic carbocycles. The quantitative estimate of drug-likeness (QED) is 0.893. The number of hydrogen-bond acceptors (Lipinski definition) is 2. The Hall–Kier alpha value is -0.860. The molecule has 1 fully saturated rings. The van der Waals surface area contributed by atoms with E-state index in [0.717, 1.165) is 18.2 Å². The van der Waals surface area contributed by atoms with Crippen molar-refractivity contribution in [2.75, 3.05) is 6.54 Å². The molecule has 1 aliphatic rings. The molecule has 0 amide bonds. The molecule has 0 saturated carbocycles. The molecule has 0 radical (unpaired) electrons. The summed E-state index contributed by atoms with van der Waals surface area (Å²) in [5, 5.41) is 9.97. The van der Waals surface area contributed by atoms with Crippen LogP contribution in [0.15, 0.2) is 24.3 Å². The van der Waals surface area contributed by atoms with Crippen molar-refractivity contribution in [3.8, 4) is 0 Å². The van der Waals surface area contributed by atoms with Gasteiger partial charge in [0.2, 0.25) is 0 Å². The van der Waals surface area contributed by atoms with Crippen molar-refractivity contribution in [3.05, 3.63) is 35.4 Å². The minimum atomic E-state index is -0.740. The summed E-state index contributed by atoms with van der Waals surface area (Å²) in [6, 6.07) is 9.19. The van der Waals surface area contributed by atoms with Gasteiger partial charge in [-0.1, -0.05) is 37.6 Å². The number of benzene rings is 1. The molecule has 19 heavy (non-hydrogen) atoms. The average Bonchev–Trinajstić information content (AvgIpc) is 2.39. The van der Waals surface area contributed by atoms with Gasteiger partial charge in [-0.25, -0.2) is 0 Å². The van der Waals surface area contributed by atoms with Gasteiger partial charge >= 0.3 is 0 Å². The number of hydrogen-bond donors (Lipinski definition) is 1. The van der Waals surface area contributed by atoms with Gasteiger partial charge in [-0.05, 0) is 50.8 Å². The predicted molar refractivity (Wildman–Crippen MR) is 80.0 cm³/mol. The van der Waals surface area contributed by atoms with Gasteiger partial charge < -0.3 is 5.11 Å². The van der Waals surface area contributed by atoms with Gasteiger partial charge in [0.1, 0.15) is 0 Å². The Morgan fingerprint density at radius 2 is 1.89 bits per heavy atom. The van der Waals surface area contributed by atoms with E-state index in [0.29, 0.717) is 0 Å². The second-order valence-corrected chi connectivity index (χ2v) is 6.28. The SMILES string of the molecule is CCC1CCCCN1Cc1ccc(C(C)(C)O)cc1. The van der Waals surface area contributed by atoms with Gasteiger partial charge in [0.05, 0.1) is 5.60 Å². The van der Waals surface area contributed by atoms with Crippen LogP contribution in [0, 0.1) is 0 Å². The standard InChI is InChI=1S/C17H27NO/c1-4-16-7-5-6-12-18(16)13-14-8-10-15(11-9-14)17(2,3)19/h8-11,16,19H,4-7,12-13H2,1-3H3. The van der Waals surface area contributed by atoms with Crippen molar-refractivity contribution in [1.82, 2.24) is 4.90 Å². The van der Waals surface area contributed by atoms with Crippen LogP contribution < -0.4 is 0 Å². The van der Waals surface area contributed by atoms with E-state index in [4.69, 9.17) is 0 Å². The number of nitrogens with zero attached hydrogens (tertiary/aromatic N) is 1. The Morgan fingerprint density at radius 1 is 1.21 bits per heavy atom. The third-order valence-electron chi connectivity index (χ3n) is 4.27. The minimum Gasteiger partial charge on any atom is -0.386 e. The van der Waals surface area contributed by atoms with Crippen LogP contribution in [0.4, 0.5) is 0 Å². The van der Waals surface area contributed by atoms with Gasteiger partial charge in [-0.3, -0.25) is 4.90 Å². The van der Waals surface area contributed by atoms with Crippen LogP contribution in [0.2, 0.25) is 0 Å². The molecule has 0 aliphatic carbocycles. The smallest absolute Gasteiger partial charge is 0.0840 e. The molecule has 1 atom stereocenters. The summed E-state index contributed by atoms with van der Waals surface area (Å²) in [6.45, 7) is 8.23. The summed E-state index contributed by atoms with van der Waals surface area (Å²) in [7, 11) is 0. The largest absolute Gasteiger partial charge is 0.386 e. The lowest BCUT2D eigenvalue weighted by Crippen LogP contribution is -2.38. The Morgan fingerprint density at radius 3 is 2.47 bits per heavy atom. The number of rotatable bonds is 4. The molecular weight excluding hydrogens is 234 g/mol. The fourth-order valence-electron chi connectivity index (χ4n) is 2.98. The monoisotopic (exact) mass is 261 g/mol. The van der Waals surface area contributed by atoms with Crippen LogP contribution in [0.5, 0.6) is 0 Å². The molecule has 0 spiro atoms. The summed E-state index contributed by atoms with van der Waals surface area (Å²) < 4.78 is 0. The highest BCUT2D eigenvalue weighted by Crippen LogP contribution is 2.23. The molecule has 1 unspecified atom stereocenters. The molecular formula is C17H27NO. The van der Waals surface area contributed by atoms with Crippen molar-refractivity contribution < 1.29 is 5.11 Å². The maximum absolute atomic E-state index is 9.97. The van der Waals surface area contributed by atoms with E-state index in [1.807, 2.05) is 13.8 Å². The molecule has 0 bridgehead atoms. The van der Waals surface area contributed by atoms with Crippen molar-refractivity contribution in [2.24, 2.45) is 0 Å². The van der Waals surface area contributed by atoms with Crippen LogP contribution in [-0.4, -0.2) is 22.6 Å². The lowest BCUT2D eigenvalue weighted by Gasteiger charge is -2.35. The molecule has 1 aliphatic heterocycles. The summed E-state index contributed by atoms with van der Waals surface area (Å²) in [5.74, 6) is 0. The second kappa shape index (κ2) is 6.06. The number of aliphatic hydroxyl groups is 1. The normalized spacial score (nSPS) is 21.6. The van der Waals surface area contributed by atoms with Crippen molar-refractivity contribution in [2.45, 2.75) is 64.6 Å². The van der Waals surface area contributed by atoms with Crippen molar-refractivity contribution in [3.63, 3.8) is 0 Å². The fourth-order valence-corrected chi connectivity index (χ4v) is 2.98. The van der Waals surface area contributed by atoms with E-state index in [1.54, 1.807) is 0 Å². The average molecular weight is 261 g/mol. The Kier molecular flexibility index (Phi) is 4.64. The molecule has 2 heteroatoms. The van der Waals surface area contributed by atoms with Gasteiger partial charge in [0.15, 0.2) is 0 Å². The highest BCUT2D eigenvalue weighted by molar-refractivity contribution is 5.26. The molecule has 0 aromatic heterocycles. The molecule has 1 N–H and O–H groups in total. The molecule has 106 valence electrons. The number of piperidine rings is 1. The summed E-state index contributed by atoms with van der Waals surface area (Å²) in [5.41, 5.74) is 1.60. The van der Waals surface area contributed by atoms with Gasteiger partial charge in [-0.15, -0.1) is 0 Å². The first kappa shape index (κ1) is 14.5. The second-order valence-electron chi connectivity index (χ2n) is 6.28. The highest BCUT2D eigenvalue weighted by atomic mass is 16.3. The zero-order chi connectivity index (χ0) is 13.9. The van der Waals surface area contributed by atoms with Crippen LogP contribution in [0.25, 0.3) is 0 Å². The molecule has 1 heterocycles. The minimum absolute atomic E-state index is 0.740. The van der Waals surface area contributed by atoms with Crippen LogP contribution >= 0.6 is 0 Å². The Balaban J connectivity index is 2.02. The van der Waals surface area contributed by atoms with Crippen LogP contribution in [0.1, 0.15) is 57.6 Å². The maximum atomic E-state index is 9.97. The van der Waals surface area contributed by atoms with Crippen LogP contribution in [0.3, 0.4) is 0 Å². The van der Waals surface area contributed by atoms with E-state index >= 15 is 0 Å². The lowest BCUT2D eigenvalue weighted by atomic mass is 9.96. The molecule has 2 nitrogen and oxygen atoms in total. The zero-order valence-corrected chi connectivity index (χ0v) is 12.5. The predicted octanol–water partition coefficient (Wildman–Crippen LogP) is 3.68. The van der Waals surface area contributed by atoms with Gasteiger partial charge in [0, 0.05) is 12.6 Å². The third kappa shape index (κ3) is 3.80. The van der Waals surface area contributed by atoms with E-state index in [-0.39, 0.29) is 0 Å². The van der Waals surface area contributed by atoms with Crippen molar-refractivity contribution >= 4 is 0 Å². The number of likely N-dealkylation sites (tertiary alicyclic amines) is 1. The first-order chi connectivity index (χ1) is 9.00. The van der Waals surface area contributed by atoms with Gasteiger partial charge in [-0.2, -0.15) is 0 Å². The fraction of sp³-hybridized carbons (Fsp3) is 0.647. The summed E-state index contributed by atoms with van der Waals surface area (Å²) in [6.07, 6.45) is 5.31. The topological polar surface area (TPSA) is 23.5 Å². The first-order valence-electron chi connectivity index (χ1n) is 7.56. The maximum Gasteiger partial charge on any atom is 0.0840 e. The zero-order valence-electron chi connectivity index (χ0n) is 12.5. The van der Waals surface area contributed by atoms with Crippen molar-refractivity contribution in [1.29, 1.82) is 0 Å². The third-order valence-corrected chi connectivity index (χ3v) is 4.27. The Labute approximate surface area is 117 Å². The molecule has 1 saturated heterocycles. The van der Waals surface area contributed by atoms with Crippen LogP contribution in [-0.2, 0) is 12.1 Å².